The number of hydrogen-bond acceptors (Lipinski definition) is 5. The largest absolute Gasteiger partial charge is 0.427 e. The molecule has 0 unspecified atom stereocenters. The summed E-state index contributed by atoms with van der Waals surface area (Å²) in [6.07, 6.45) is 2.32. The summed E-state index contributed by atoms with van der Waals surface area (Å²) < 4.78 is 10.3. The molecule has 0 atom stereocenters. The highest BCUT2D eigenvalue weighted by Crippen LogP contribution is 2.20. The van der Waals surface area contributed by atoms with Crippen molar-refractivity contribution in [3.8, 4) is 5.75 Å². The minimum absolute atomic E-state index is 0.00891. The van der Waals surface area contributed by atoms with Gasteiger partial charge in [-0.25, -0.2) is 0 Å². The van der Waals surface area contributed by atoms with Gasteiger partial charge in [-0.1, -0.05) is 18.2 Å². The molecule has 1 fully saturated rings. The molecular weight excluding hydrogens is 384 g/mol. The van der Waals surface area contributed by atoms with Gasteiger partial charge in [-0.3, -0.25) is 14.4 Å². The smallest absolute Gasteiger partial charge is 0.308 e. The first-order chi connectivity index (χ1) is 14.5. The van der Waals surface area contributed by atoms with Gasteiger partial charge in [0.2, 0.25) is 5.91 Å². The molecule has 7 heteroatoms. The number of hydrogen-bond donors (Lipinski definition) is 2. The Bertz CT molecular complexity index is 906. The van der Waals surface area contributed by atoms with Crippen LogP contribution in [0.1, 0.15) is 42.1 Å². The lowest BCUT2D eigenvalue weighted by Crippen LogP contribution is -2.23. The second-order valence-electron chi connectivity index (χ2n) is 7.31. The molecule has 2 amide bonds. The molecule has 0 aromatic heterocycles. The minimum atomic E-state index is -0.441. The third-order valence-electron chi connectivity index (χ3n) is 4.84. The molecule has 2 N–H and O–H groups in total. The van der Waals surface area contributed by atoms with Crippen molar-refractivity contribution in [3.05, 3.63) is 59.7 Å². The molecule has 158 valence electrons. The second-order valence-corrected chi connectivity index (χ2v) is 7.31. The highest BCUT2D eigenvalue weighted by atomic mass is 16.5. The van der Waals surface area contributed by atoms with Crippen LogP contribution in [0.5, 0.6) is 5.75 Å². The van der Waals surface area contributed by atoms with E-state index in [0.29, 0.717) is 35.9 Å². The van der Waals surface area contributed by atoms with Gasteiger partial charge in [-0.2, -0.15) is 0 Å². The van der Waals surface area contributed by atoms with Gasteiger partial charge in [0.05, 0.1) is 0 Å². The zero-order valence-corrected chi connectivity index (χ0v) is 17.0. The molecule has 1 aliphatic rings. The zero-order valence-electron chi connectivity index (χ0n) is 17.0. The van der Waals surface area contributed by atoms with Crippen molar-refractivity contribution in [2.45, 2.75) is 32.7 Å². The summed E-state index contributed by atoms with van der Waals surface area (Å²) in [4.78, 5) is 35.8. The molecule has 2 aromatic carbocycles. The van der Waals surface area contributed by atoms with Gasteiger partial charge in [0.15, 0.2) is 0 Å². The van der Waals surface area contributed by atoms with Gasteiger partial charge in [0.1, 0.15) is 5.75 Å². The number of carbonyl (C=O) groups excluding carboxylic acids is 3. The zero-order chi connectivity index (χ0) is 21.3. The molecular formula is C23H26N2O5. The van der Waals surface area contributed by atoms with Crippen molar-refractivity contribution in [1.29, 1.82) is 0 Å². The van der Waals surface area contributed by atoms with E-state index in [1.807, 2.05) is 24.3 Å². The van der Waals surface area contributed by atoms with Crippen molar-refractivity contribution in [2.24, 2.45) is 5.92 Å². The Morgan fingerprint density at radius 3 is 2.60 bits per heavy atom. The summed E-state index contributed by atoms with van der Waals surface area (Å²) in [5.41, 5.74) is 1.97. The van der Waals surface area contributed by atoms with Crippen molar-refractivity contribution in [3.63, 3.8) is 0 Å². The lowest BCUT2D eigenvalue weighted by Gasteiger charge is -2.21. The number of ether oxygens (including phenoxy) is 2. The summed E-state index contributed by atoms with van der Waals surface area (Å²) in [7, 11) is 0. The highest BCUT2D eigenvalue weighted by Gasteiger charge is 2.17. The molecule has 0 saturated carbocycles. The number of benzene rings is 2. The van der Waals surface area contributed by atoms with Crippen LogP contribution in [0.4, 0.5) is 5.69 Å². The Balaban J connectivity index is 1.53. The maximum Gasteiger partial charge on any atom is 0.308 e. The van der Waals surface area contributed by atoms with Crippen LogP contribution in [0.25, 0.3) is 0 Å². The quantitative estimate of drug-likeness (QED) is 0.540. The fraction of sp³-hybridized carbons (Fsp3) is 0.348. The normalized spacial score (nSPS) is 14.0. The third kappa shape index (κ3) is 6.70. The maximum atomic E-state index is 12.4. The predicted molar refractivity (Wildman–Crippen MR) is 112 cm³/mol. The van der Waals surface area contributed by atoms with Gasteiger partial charge in [0, 0.05) is 44.4 Å². The number of amides is 2. The van der Waals surface area contributed by atoms with Crippen LogP contribution in [0.2, 0.25) is 0 Å². The first kappa shape index (κ1) is 21.5. The molecule has 1 heterocycles. The molecule has 0 radical (unpaired) electrons. The van der Waals surface area contributed by atoms with Crippen LogP contribution in [-0.4, -0.2) is 31.0 Å². The van der Waals surface area contributed by atoms with Crippen molar-refractivity contribution in [1.82, 2.24) is 5.32 Å². The van der Waals surface area contributed by atoms with Gasteiger partial charge >= 0.3 is 5.97 Å². The minimum Gasteiger partial charge on any atom is -0.427 e. The van der Waals surface area contributed by atoms with E-state index >= 15 is 0 Å². The van der Waals surface area contributed by atoms with E-state index in [9.17, 15) is 14.4 Å². The fourth-order valence-corrected chi connectivity index (χ4v) is 3.33. The monoisotopic (exact) mass is 410 g/mol. The second kappa shape index (κ2) is 10.5. The van der Waals surface area contributed by atoms with Crippen LogP contribution in [0.15, 0.2) is 48.5 Å². The number of anilines is 1. The van der Waals surface area contributed by atoms with Crippen molar-refractivity contribution < 1.29 is 23.9 Å². The summed E-state index contributed by atoms with van der Waals surface area (Å²) in [6, 6.07) is 13.8. The highest BCUT2D eigenvalue weighted by molar-refractivity contribution is 5.94. The average molecular weight is 410 g/mol. The average Bonchev–Trinajstić information content (AvgIpc) is 2.72. The summed E-state index contributed by atoms with van der Waals surface area (Å²) in [5.74, 6) is -0.0417. The summed E-state index contributed by atoms with van der Waals surface area (Å²) >= 11 is 0. The molecule has 0 bridgehead atoms. The molecule has 1 saturated heterocycles. The van der Waals surface area contributed by atoms with E-state index < -0.39 is 5.97 Å². The Kier molecular flexibility index (Phi) is 7.57. The number of rotatable bonds is 7. The van der Waals surface area contributed by atoms with Crippen LogP contribution in [-0.2, 0) is 20.9 Å². The molecule has 0 aliphatic carbocycles. The van der Waals surface area contributed by atoms with Gasteiger partial charge in [-0.15, -0.1) is 0 Å². The lowest BCUT2D eigenvalue weighted by molar-refractivity contribution is -0.131. The third-order valence-corrected chi connectivity index (χ3v) is 4.84. The molecule has 1 aliphatic heterocycles. The van der Waals surface area contributed by atoms with E-state index in [4.69, 9.17) is 9.47 Å². The molecule has 0 spiro atoms. The predicted octanol–water partition coefficient (Wildman–Crippen LogP) is 3.30. The lowest BCUT2D eigenvalue weighted by atomic mass is 9.96. The van der Waals surface area contributed by atoms with E-state index in [1.54, 1.807) is 18.2 Å². The summed E-state index contributed by atoms with van der Waals surface area (Å²) in [5, 5.41) is 5.77. The van der Waals surface area contributed by atoms with Gasteiger partial charge in [0.25, 0.3) is 5.91 Å². The Hall–Kier alpha value is -3.19. The van der Waals surface area contributed by atoms with Crippen molar-refractivity contribution >= 4 is 23.5 Å². The fourth-order valence-electron chi connectivity index (χ4n) is 3.33. The SMILES string of the molecule is CC(=O)Oc1cccc(C(=O)NCc2cccc(NC(=O)CC3CCOCC3)c2)c1. The number of esters is 1. The molecule has 7 nitrogen and oxygen atoms in total. The number of carbonyl (C=O) groups is 3. The Morgan fingerprint density at radius 1 is 1.07 bits per heavy atom. The standard InChI is InChI=1S/C23H26N2O5/c1-16(26)30-21-7-3-5-19(14-21)23(28)24-15-18-4-2-6-20(12-18)25-22(27)13-17-8-10-29-11-9-17/h2-7,12,14,17H,8-11,13,15H2,1H3,(H,24,28)(H,25,27). The van der Waals surface area contributed by atoms with E-state index in [2.05, 4.69) is 10.6 Å². The van der Waals surface area contributed by atoms with Crippen LogP contribution >= 0.6 is 0 Å². The molecule has 3 rings (SSSR count). The maximum absolute atomic E-state index is 12.4. The van der Waals surface area contributed by atoms with Crippen LogP contribution in [0.3, 0.4) is 0 Å². The van der Waals surface area contributed by atoms with Gasteiger partial charge < -0.3 is 20.1 Å². The summed E-state index contributed by atoms with van der Waals surface area (Å²) in [6.45, 7) is 3.05. The Morgan fingerprint density at radius 2 is 1.83 bits per heavy atom. The van der Waals surface area contributed by atoms with E-state index in [-0.39, 0.29) is 11.8 Å². The van der Waals surface area contributed by atoms with Gasteiger partial charge in [-0.05, 0) is 54.7 Å². The first-order valence-corrected chi connectivity index (χ1v) is 10.0. The van der Waals surface area contributed by atoms with Crippen LogP contribution in [0, 0.1) is 5.92 Å². The van der Waals surface area contributed by atoms with Crippen LogP contribution < -0.4 is 15.4 Å². The topological polar surface area (TPSA) is 93.7 Å². The Labute approximate surface area is 175 Å². The molecule has 2 aromatic rings. The van der Waals surface area contributed by atoms with E-state index in [1.165, 1.54) is 13.0 Å². The van der Waals surface area contributed by atoms with E-state index in [0.717, 1.165) is 31.6 Å². The first-order valence-electron chi connectivity index (χ1n) is 10.0. The van der Waals surface area contributed by atoms with Crippen molar-refractivity contribution in [2.75, 3.05) is 18.5 Å². The number of nitrogens with one attached hydrogen (secondary N) is 2. The molecule has 30 heavy (non-hydrogen) atoms.